The first-order valence-corrected chi connectivity index (χ1v) is 5.51. The molecular weight excluding hydrogens is 256 g/mol. The summed E-state index contributed by atoms with van der Waals surface area (Å²) in [4.78, 5) is 20.4. The van der Waals surface area contributed by atoms with E-state index in [0.29, 0.717) is 11.1 Å². The van der Waals surface area contributed by atoms with Crippen LogP contribution in [-0.2, 0) is 0 Å². The van der Waals surface area contributed by atoms with Crippen molar-refractivity contribution in [1.82, 2.24) is 0 Å². The van der Waals surface area contributed by atoms with E-state index < -0.39 is 11.9 Å². The first-order chi connectivity index (χ1) is 9.61. The Kier molecular flexibility index (Phi) is 8.40. The highest BCUT2D eigenvalue weighted by Gasteiger charge is 1.97. The Labute approximate surface area is 117 Å². The van der Waals surface area contributed by atoms with Gasteiger partial charge in [0.05, 0.1) is 11.1 Å². The minimum Gasteiger partial charge on any atom is -0.478 e. The molecule has 0 aliphatic heterocycles. The monoisotopic (exact) mass is 270 g/mol. The molecule has 0 aliphatic carbocycles. The summed E-state index contributed by atoms with van der Waals surface area (Å²) in [5.41, 5.74) is 0.662. The van der Waals surface area contributed by atoms with E-state index in [9.17, 15) is 9.59 Å². The van der Waals surface area contributed by atoms with Gasteiger partial charge in [-0.05, 0) is 24.3 Å². The number of carboxylic acid groups (broad SMARTS) is 2. The van der Waals surface area contributed by atoms with Crippen LogP contribution in [0, 0.1) is 12.8 Å². The van der Waals surface area contributed by atoms with Gasteiger partial charge in [-0.1, -0.05) is 36.4 Å². The lowest BCUT2D eigenvalue weighted by Crippen LogP contribution is -1.93. The summed E-state index contributed by atoms with van der Waals surface area (Å²) >= 11 is 0. The number of benzene rings is 2. The topological polar surface area (TPSA) is 74.6 Å². The van der Waals surface area contributed by atoms with Crippen molar-refractivity contribution in [1.29, 1.82) is 0 Å². The quantitative estimate of drug-likeness (QED) is 0.822. The molecule has 2 rings (SSSR count). The number of aromatic carboxylic acids is 2. The average Bonchev–Trinajstić information content (AvgIpc) is 2.51. The molecule has 2 N–H and O–H groups in total. The molecule has 0 radical (unpaired) electrons. The van der Waals surface area contributed by atoms with Gasteiger partial charge >= 0.3 is 11.9 Å². The minimum absolute atomic E-state index is 0.331. The maximum Gasteiger partial charge on any atom is 0.335 e. The van der Waals surface area contributed by atoms with Gasteiger partial charge in [0.1, 0.15) is 0 Å². The summed E-state index contributed by atoms with van der Waals surface area (Å²) in [6.07, 6.45) is 8.00. The molecule has 0 aliphatic rings. The third-order valence-corrected chi connectivity index (χ3v) is 2.04. The Morgan fingerprint density at radius 3 is 1.05 bits per heavy atom. The highest BCUT2D eigenvalue weighted by atomic mass is 16.4. The molecule has 20 heavy (non-hydrogen) atoms. The number of hydrogen-bond donors (Lipinski definition) is 2. The third kappa shape index (κ3) is 6.62. The summed E-state index contributed by atoms with van der Waals surface area (Å²) in [6, 6.07) is 16.6. The van der Waals surface area contributed by atoms with Gasteiger partial charge in [0, 0.05) is 0 Å². The van der Waals surface area contributed by atoms with Crippen LogP contribution >= 0.6 is 0 Å². The zero-order chi connectivity index (χ0) is 15.4. The summed E-state index contributed by atoms with van der Waals surface area (Å²) in [6.45, 7) is 0. The van der Waals surface area contributed by atoms with Crippen LogP contribution in [0.15, 0.2) is 60.7 Å². The molecule has 4 nitrogen and oxygen atoms in total. The summed E-state index contributed by atoms with van der Waals surface area (Å²) < 4.78 is 0. The number of rotatable bonds is 2. The fraction of sp³-hybridized carbons (Fsp3) is 0. The van der Waals surface area contributed by atoms with E-state index in [0.717, 1.165) is 0 Å². The standard InChI is InChI=1S/2C7H6O2.C2H2/c2*8-7(9)6-4-2-1-3-5-6;1-2/h2*1-5H,(H,8,9);1-2H. The highest BCUT2D eigenvalue weighted by Crippen LogP contribution is 1.96. The lowest BCUT2D eigenvalue weighted by Gasteiger charge is -1.88. The van der Waals surface area contributed by atoms with E-state index in [2.05, 4.69) is 12.8 Å². The Morgan fingerprint density at radius 2 is 0.900 bits per heavy atom. The van der Waals surface area contributed by atoms with Crippen LogP contribution in [-0.4, -0.2) is 22.2 Å². The van der Waals surface area contributed by atoms with Crippen LogP contribution < -0.4 is 0 Å². The fourth-order valence-electron chi connectivity index (χ4n) is 1.16. The maximum atomic E-state index is 10.2. The maximum absolute atomic E-state index is 10.2. The van der Waals surface area contributed by atoms with Gasteiger partial charge in [0.15, 0.2) is 0 Å². The third-order valence-electron chi connectivity index (χ3n) is 2.04. The van der Waals surface area contributed by atoms with Gasteiger partial charge < -0.3 is 10.2 Å². The van der Waals surface area contributed by atoms with E-state index in [1.165, 1.54) is 0 Å². The molecule has 0 spiro atoms. The van der Waals surface area contributed by atoms with Crippen LogP contribution in [0.2, 0.25) is 0 Å². The van der Waals surface area contributed by atoms with Crippen molar-refractivity contribution in [3.63, 3.8) is 0 Å². The number of hydrogen-bond acceptors (Lipinski definition) is 2. The van der Waals surface area contributed by atoms with Crippen molar-refractivity contribution in [3.8, 4) is 12.8 Å². The molecule has 0 bridgehead atoms. The Morgan fingerprint density at radius 1 is 0.650 bits per heavy atom. The second kappa shape index (κ2) is 9.92. The molecule has 0 aromatic heterocycles. The van der Waals surface area contributed by atoms with Gasteiger partial charge in [-0.15, -0.1) is 12.8 Å². The van der Waals surface area contributed by atoms with Gasteiger partial charge in [0.25, 0.3) is 0 Å². The molecule has 4 heteroatoms. The van der Waals surface area contributed by atoms with Crippen LogP contribution in [0.1, 0.15) is 20.7 Å². The molecule has 0 amide bonds. The largest absolute Gasteiger partial charge is 0.478 e. The molecule has 2 aromatic carbocycles. The second-order valence-electron chi connectivity index (χ2n) is 3.34. The van der Waals surface area contributed by atoms with Gasteiger partial charge in [-0.25, -0.2) is 9.59 Å². The van der Waals surface area contributed by atoms with Crippen LogP contribution in [0.5, 0.6) is 0 Å². The molecule has 0 unspecified atom stereocenters. The normalized spacial score (nSPS) is 8.10. The zero-order valence-corrected chi connectivity index (χ0v) is 10.6. The minimum atomic E-state index is -0.879. The molecule has 0 heterocycles. The van der Waals surface area contributed by atoms with Crippen LogP contribution in [0.25, 0.3) is 0 Å². The number of carbonyl (C=O) groups is 2. The number of terminal acetylenes is 1. The van der Waals surface area contributed by atoms with E-state index in [1.54, 1.807) is 60.7 Å². The number of carboxylic acids is 2. The zero-order valence-electron chi connectivity index (χ0n) is 10.6. The lowest BCUT2D eigenvalue weighted by atomic mass is 10.2. The van der Waals surface area contributed by atoms with E-state index in [4.69, 9.17) is 10.2 Å². The predicted octanol–water partition coefficient (Wildman–Crippen LogP) is 3.02. The fourth-order valence-corrected chi connectivity index (χ4v) is 1.16. The van der Waals surface area contributed by atoms with Crippen LogP contribution in [0.4, 0.5) is 0 Å². The highest BCUT2D eigenvalue weighted by molar-refractivity contribution is 5.87. The predicted molar refractivity (Wildman–Crippen MR) is 76.7 cm³/mol. The molecule has 102 valence electrons. The van der Waals surface area contributed by atoms with Crippen molar-refractivity contribution < 1.29 is 19.8 Å². The first-order valence-electron chi connectivity index (χ1n) is 5.51. The van der Waals surface area contributed by atoms with Gasteiger partial charge in [-0.2, -0.15) is 0 Å². The molecule has 0 saturated carbocycles. The van der Waals surface area contributed by atoms with Crippen molar-refractivity contribution in [2.24, 2.45) is 0 Å². The Balaban J connectivity index is 0.000000321. The second-order valence-corrected chi connectivity index (χ2v) is 3.34. The lowest BCUT2D eigenvalue weighted by molar-refractivity contribution is 0.0686. The van der Waals surface area contributed by atoms with Crippen LogP contribution in [0.3, 0.4) is 0 Å². The smallest absolute Gasteiger partial charge is 0.335 e. The average molecular weight is 270 g/mol. The Bertz CT molecular complexity index is 495. The van der Waals surface area contributed by atoms with Crippen molar-refractivity contribution in [2.45, 2.75) is 0 Å². The van der Waals surface area contributed by atoms with Crippen molar-refractivity contribution >= 4 is 11.9 Å². The molecule has 0 fully saturated rings. The van der Waals surface area contributed by atoms with E-state index in [-0.39, 0.29) is 0 Å². The summed E-state index contributed by atoms with van der Waals surface area (Å²) in [7, 11) is 0. The van der Waals surface area contributed by atoms with Gasteiger partial charge in [0.2, 0.25) is 0 Å². The first kappa shape index (κ1) is 16.9. The summed E-state index contributed by atoms with van der Waals surface area (Å²) in [5, 5.41) is 16.8. The Hall–Kier alpha value is -3.06. The van der Waals surface area contributed by atoms with E-state index >= 15 is 0 Å². The van der Waals surface area contributed by atoms with Crippen molar-refractivity contribution in [2.75, 3.05) is 0 Å². The van der Waals surface area contributed by atoms with Gasteiger partial charge in [-0.3, -0.25) is 0 Å². The SMILES string of the molecule is C#C.O=C(O)c1ccccc1.O=C(O)c1ccccc1. The van der Waals surface area contributed by atoms with Crippen molar-refractivity contribution in [3.05, 3.63) is 71.8 Å². The molecule has 0 atom stereocenters. The van der Waals surface area contributed by atoms with E-state index in [1.807, 2.05) is 0 Å². The molecular formula is C16H14O4. The molecule has 2 aromatic rings. The summed E-state index contributed by atoms with van der Waals surface area (Å²) in [5.74, 6) is -1.76. The molecule has 0 saturated heterocycles.